The number of carbonyl (C=O) groups is 1. The van der Waals surface area contributed by atoms with E-state index in [1.807, 2.05) is 30.3 Å². The summed E-state index contributed by atoms with van der Waals surface area (Å²) in [6, 6.07) is 14.4. The highest BCUT2D eigenvalue weighted by Gasteiger charge is 2.05. The van der Waals surface area contributed by atoms with Crippen LogP contribution >= 0.6 is 11.8 Å². The molecule has 0 aliphatic carbocycles. The van der Waals surface area contributed by atoms with Crippen molar-refractivity contribution >= 4 is 23.4 Å². The molecule has 2 rings (SSSR count). The fourth-order valence-electron chi connectivity index (χ4n) is 1.79. The predicted molar refractivity (Wildman–Crippen MR) is 82.4 cm³/mol. The Balaban J connectivity index is 1.81. The third-order valence-corrected chi connectivity index (χ3v) is 3.81. The summed E-state index contributed by atoms with van der Waals surface area (Å²) in [5, 5.41) is 2.80. The van der Waals surface area contributed by atoms with Crippen molar-refractivity contribution in [2.75, 3.05) is 11.1 Å². The number of halogens is 1. The van der Waals surface area contributed by atoms with Gasteiger partial charge in [0.2, 0.25) is 5.91 Å². The number of hydrogen-bond acceptors (Lipinski definition) is 2. The van der Waals surface area contributed by atoms with Gasteiger partial charge in [0.1, 0.15) is 5.82 Å². The molecule has 2 aromatic carbocycles. The Hall–Kier alpha value is -1.81. The first-order chi connectivity index (χ1) is 9.65. The molecule has 1 amide bonds. The van der Waals surface area contributed by atoms with Crippen LogP contribution in [0.5, 0.6) is 0 Å². The van der Waals surface area contributed by atoms with Crippen LogP contribution in [0.2, 0.25) is 0 Å². The van der Waals surface area contributed by atoms with Crippen LogP contribution < -0.4 is 5.32 Å². The van der Waals surface area contributed by atoms with Gasteiger partial charge in [0.25, 0.3) is 0 Å². The van der Waals surface area contributed by atoms with E-state index in [1.165, 1.54) is 17.7 Å². The van der Waals surface area contributed by atoms with Crippen molar-refractivity contribution < 1.29 is 9.18 Å². The Morgan fingerprint density at radius 2 is 1.95 bits per heavy atom. The Morgan fingerprint density at radius 1 is 1.20 bits per heavy atom. The van der Waals surface area contributed by atoms with Crippen molar-refractivity contribution in [2.24, 2.45) is 0 Å². The van der Waals surface area contributed by atoms with Crippen molar-refractivity contribution in [3.05, 3.63) is 65.5 Å². The van der Waals surface area contributed by atoms with E-state index < -0.39 is 0 Å². The van der Waals surface area contributed by atoms with E-state index in [9.17, 15) is 9.18 Å². The zero-order chi connectivity index (χ0) is 14.4. The Labute approximate surface area is 122 Å². The summed E-state index contributed by atoms with van der Waals surface area (Å²) >= 11 is 1.56. The normalized spacial score (nSPS) is 10.3. The first-order valence-electron chi connectivity index (χ1n) is 6.33. The minimum absolute atomic E-state index is 0.0689. The molecule has 0 fully saturated rings. The minimum Gasteiger partial charge on any atom is -0.325 e. The maximum Gasteiger partial charge on any atom is 0.234 e. The lowest BCUT2D eigenvalue weighted by Gasteiger charge is -2.08. The average Bonchev–Trinajstić information content (AvgIpc) is 2.43. The van der Waals surface area contributed by atoms with E-state index in [0.717, 1.165) is 11.3 Å². The number of anilines is 1. The van der Waals surface area contributed by atoms with Crippen molar-refractivity contribution in [1.29, 1.82) is 0 Å². The monoisotopic (exact) mass is 289 g/mol. The smallest absolute Gasteiger partial charge is 0.234 e. The average molecular weight is 289 g/mol. The van der Waals surface area contributed by atoms with Crippen molar-refractivity contribution in [2.45, 2.75) is 12.7 Å². The quantitative estimate of drug-likeness (QED) is 0.901. The van der Waals surface area contributed by atoms with E-state index in [1.54, 1.807) is 24.8 Å². The van der Waals surface area contributed by atoms with Gasteiger partial charge in [0.05, 0.1) is 5.75 Å². The third kappa shape index (κ3) is 4.38. The SMILES string of the molecule is Cc1cc(F)ccc1NC(=O)CSCc1ccccc1. The summed E-state index contributed by atoms with van der Waals surface area (Å²) in [6.45, 7) is 1.77. The van der Waals surface area contributed by atoms with Crippen LogP contribution in [0.15, 0.2) is 48.5 Å². The molecule has 0 aromatic heterocycles. The summed E-state index contributed by atoms with van der Waals surface area (Å²) < 4.78 is 13.0. The number of hydrogen-bond donors (Lipinski definition) is 1. The van der Waals surface area contributed by atoms with Crippen LogP contribution in [0.4, 0.5) is 10.1 Å². The molecule has 1 N–H and O–H groups in total. The molecule has 0 saturated heterocycles. The standard InChI is InChI=1S/C16H16FNOS/c1-12-9-14(17)7-8-15(12)18-16(19)11-20-10-13-5-3-2-4-6-13/h2-9H,10-11H2,1H3,(H,18,19). The lowest BCUT2D eigenvalue weighted by Crippen LogP contribution is -2.15. The third-order valence-electron chi connectivity index (χ3n) is 2.81. The Kier molecular flexibility index (Phi) is 5.18. The maximum absolute atomic E-state index is 13.0. The molecular weight excluding hydrogens is 273 g/mol. The van der Waals surface area contributed by atoms with Gasteiger partial charge in [-0.15, -0.1) is 11.8 Å². The Morgan fingerprint density at radius 3 is 2.65 bits per heavy atom. The van der Waals surface area contributed by atoms with Crippen molar-refractivity contribution in [3.8, 4) is 0 Å². The van der Waals surface area contributed by atoms with Crippen molar-refractivity contribution in [3.63, 3.8) is 0 Å². The number of amides is 1. The molecule has 0 aliphatic heterocycles. The number of benzene rings is 2. The molecule has 0 atom stereocenters. The van der Waals surface area contributed by atoms with Gasteiger partial charge >= 0.3 is 0 Å². The van der Waals surface area contributed by atoms with Gasteiger partial charge in [-0.2, -0.15) is 0 Å². The number of rotatable bonds is 5. The Bertz CT molecular complexity index is 586. The van der Waals surface area contributed by atoms with E-state index in [4.69, 9.17) is 0 Å². The first kappa shape index (κ1) is 14.6. The first-order valence-corrected chi connectivity index (χ1v) is 7.48. The molecule has 0 aliphatic rings. The fourth-order valence-corrected chi connectivity index (χ4v) is 2.58. The second kappa shape index (κ2) is 7.10. The lowest BCUT2D eigenvalue weighted by molar-refractivity contribution is -0.113. The van der Waals surface area contributed by atoms with E-state index in [2.05, 4.69) is 5.32 Å². The fraction of sp³-hybridized carbons (Fsp3) is 0.188. The van der Waals surface area contributed by atoms with Gasteiger partial charge in [-0.05, 0) is 36.2 Å². The number of thioether (sulfide) groups is 1. The van der Waals surface area contributed by atoms with Gasteiger partial charge in [-0.3, -0.25) is 4.79 Å². The highest BCUT2D eigenvalue weighted by molar-refractivity contribution is 7.99. The van der Waals surface area contributed by atoms with Crippen LogP contribution in [0, 0.1) is 12.7 Å². The molecule has 104 valence electrons. The summed E-state index contributed by atoms with van der Waals surface area (Å²) in [6.07, 6.45) is 0. The molecule has 20 heavy (non-hydrogen) atoms. The molecule has 2 aromatic rings. The molecule has 0 radical (unpaired) electrons. The van der Waals surface area contributed by atoms with Crippen LogP contribution in [0.1, 0.15) is 11.1 Å². The number of nitrogens with one attached hydrogen (secondary N) is 1. The van der Waals surface area contributed by atoms with Gasteiger partial charge in [0, 0.05) is 11.4 Å². The second-order valence-corrected chi connectivity index (χ2v) is 5.47. The molecule has 0 unspecified atom stereocenters. The minimum atomic E-state index is -0.293. The van der Waals surface area contributed by atoms with Crippen LogP contribution in [0.3, 0.4) is 0 Å². The summed E-state index contributed by atoms with van der Waals surface area (Å²) in [7, 11) is 0. The lowest BCUT2D eigenvalue weighted by atomic mass is 10.2. The van der Waals surface area contributed by atoms with Gasteiger partial charge in [0.15, 0.2) is 0 Å². The molecule has 0 bridgehead atoms. The van der Waals surface area contributed by atoms with Gasteiger partial charge in [-0.1, -0.05) is 30.3 Å². The van der Waals surface area contributed by atoms with Crippen LogP contribution in [0.25, 0.3) is 0 Å². The molecule has 0 heterocycles. The van der Waals surface area contributed by atoms with Gasteiger partial charge in [-0.25, -0.2) is 4.39 Å². The van der Waals surface area contributed by atoms with E-state index in [-0.39, 0.29) is 11.7 Å². The summed E-state index contributed by atoms with van der Waals surface area (Å²) in [4.78, 5) is 11.8. The zero-order valence-corrected chi connectivity index (χ0v) is 12.0. The highest BCUT2D eigenvalue weighted by Crippen LogP contribution is 2.17. The summed E-state index contributed by atoms with van der Waals surface area (Å²) in [5.41, 5.74) is 2.59. The largest absolute Gasteiger partial charge is 0.325 e. The molecule has 0 saturated carbocycles. The maximum atomic E-state index is 13.0. The van der Waals surface area contributed by atoms with Crippen LogP contribution in [-0.4, -0.2) is 11.7 Å². The van der Waals surface area contributed by atoms with E-state index >= 15 is 0 Å². The van der Waals surface area contributed by atoms with Crippen molar-refractivity contribution in [1.82, 2.24) is 0 Å². The van der Waals surface area contributed by atoms with E-state index in [0.29, 0.717) is 11.4 Å². The molecule has 2 nitrogen and oxygen atoms in total. The zero-order valence-electron chi connectivity index (χ0n) is 11.2. The van der Waals surface area contributed by atoms with Gasteiger partial charge < -0.3 is 5.32 Å². The number of carbonyl (C=O) groups excluding carboxylic acids is 1. The number of aryl methyl sites for hydroxylation is 1. The second-order valence-electron chi connectivity index (χ2n) is 4.49. The summed E-state index contributed by atoms with van der Waals surface area (Å²) in [5.74, 6) is 0.821. The molecule has 0 spiro atoms. The van der Waals surface area contributed by atoms with Crippen LogP contribution in [-0.2, 0) is 10.5 Å². The molecular formula is C16H16FNOS. The molecule has 4 heteroatoms. The topological polar surface area (TPSA) is 29.1 Å². The predicted octanol–water partition coefficient (Wildman–Crippen LogP) is 4.01. The highest BCUT2D eigenvalue weighted by atomic mass is 32.2.